The van der Waals surface area contributed by atoms with E-state index >= 15 is 0 Å². The van der Waals surface area contributed by atoms with Gasteiger partial charge in [-0.2, -0.15) is 0 Å². The van der Waals surface area contributed by atoms with Crippen LogP contribution in [0.25, 0.3) is 5.76 Å². The molecule has 1 heterocycles. The fraction of sp³-hybridized carbons (Fsp3) is 0.238. The number of hydrogen-bond donors (Lipinski definition) is 1. The van der Waals surface area contributed by atoms with E-state index < -0.39 is 17.7 Å². The largest absolute Gasteiger partial charge is 0.507 e. The fourth-order valence-electron chi connectivity index (χ4n) is 3.25. The smallest absolute Gasteiger partial charge is 0.295 e. The molecule has 0 aromatic heterocycles. The number of methoxy groups -OCH3 is 2. The second-order valence-electron chi connectivity index (χ2n) is 6.27. The van der Waals surface area contributed by atoms with Crippen LogP contribution in [0.15, 0.2) is 54.1 Å². The molecule has 0 aliphatic carbocycles. The van der Waals surface area contributed by atoms with Crippen LogP contribution in [0.5, 0.6) is 5.75 Å². The van der Waals surface area contributed by atoms with Gasteiger partial charge in [-0.15, -0.1) is 0 Å². The number of nitrogens with zero attached hydrogens (tertiary/aromatic N) is 1. The molecule has 1 aliphatic heterocycles. The van der Waals surface area contributed by atoms with Crippen LogP contribution in [0.4, 0.5) is 0 Å². The molecule has 1 atom stereocenters. The Morgan fingerprint density at radius 2 is 1.89 bits per heavy atom. The number of carbonyl (C=O) groups is 2. The van der Waals surface area contributed by atoms with E-state index in [0.717, 1.165) is 0 Å². The summed E-state index contributed by atoms with van der Waals surface area (Å²) in [7, 11) is 3.02. The van der Waals surface area contributed by atoms with Crippen molar-refractivity contribution in [1.82, 2.24) is 4.90 Å². The summed E-state index contributed by atoms with van der Waals surface area (Å²) >= 11 is 6.12. The quantitative estimate of drug-likeness (QED) is 0.456. The van der Waals surface area contributed by atoms with Gasteiger partial charge in [-0.1, -0.05) is 35.9 Å². The van der Waals surface area contributed by atoms with Crippen LogP contribution in [0.3, 0.4) is 0 Å². The highest BCUT2D eigenvalue weighted by atomic mass is 35.5. The van der Waals surface area contributed by atoms with Crippen LogP contribution < -0.4 is 4.74 Å². The highest BCUT2D eigenvalue weighted by molar-refractivity contribution is 6.46. The van der Waals surface area contributed by atoms with Crippen molar-refractivity contribution in [3.8, 4) is 5.75 Å². The number of aliphatic hydroxyl groups excluding tert-OH is 1. The molecular weight excluding hydrogens is 382 g/mol. The van der Waals surface area contributed by atoms with Crippen LogP contribution in [0.2, 0.25) is 5.02 Å². The van der Waals surface area contributed by atoms with Crippen LogP contribution in [-0.4, -0.2) is 49.1 Å². The summed E-state index contributed by atoms with van der Waals surface area (Å²) in [6, 6.07) is 12.8. The minimum Gasteiger partial charge on any atom is -0.507 e. The molecule has 6 nitrogen and oxygen atoms in total. The molecule has 1 saturated heterocycles. The summed E-state index contributed by atoms with van der Waals surface area (Å²) in [5, 5.41) is 11.4. The number of rotatable bonds is 6. The van der Waals surface area contributed by atoms with E-state index in [4.69, 9.17) is 21.1 Å². The highest BCUT2D eigenvalue weighted by Gasteiger charge is 2.45. The Hall–Kier alpha value is -2.83. The molecule has 1 amide bonds. The zero-order valence-electron chi connectivity index (χ0n) is 15.5. The minimum absolute atomic E-state index is 0.0108. The molecular formula is C21H20ClNO5. The van der Waals surface area contributed by atoms with Gasteiger partial charge in [0.1, 0.15) is 11.5 Å². The minimum atomic E-state index is -0.764. The van der Waals surface area contributed by atoms with Crippen LogP contribution in [0, 0.1) is 0 Å². The predicted molar refractivity (Wildman–Crippen MR) is 105 cm³/mol. The van der Waals surface area contributed by atoms with Gasteiger partial charge in [-0.3, -0.25) is 9.59 Å². The first-order chi connectivity index (χ1) is 13.5. The third kappa shape index (κ3) is 3.74. The normalized spacial score (nSPS) is 18.5. The Morgan fingerprint density at radius 3 is 2.57 bits per heavy atom. The summed E-state index contributed by atoms with van der Waals surface area (Å²) in [5.74, 6) is -1.17. The van der Waals surface area contributed by atoms with E-state index in [2.05, 4.69) is 0 Å². The topological polar surface area (TPSA) is 76.1 Å². The molecule has 2 aromatic carbocycles. The fourth-order valence-corrected chi connectivity index (χ4v) is 3.45. The van der Waals surface area contributed by atoms with Gasteiger partial charge in [0.05, 0.1) is 25.3 Å². The summed E-state index contributed by atoms with van der Waals surface area (Å²) < 4.78 is 10.3. The van der Waals surface area contributed by atoms with Gasteiger partial charge in [-0.05, 0) is 29.8 Å². The van der Waals surface area contributed by atoms with Crippen molar-refractivity contribution in [2.75, 3.05) is 27.4 Å². The molecule has 0 saturated carbocycles. The molecule has 7 heteroatoms. The number of Topliss-reactive ketones (excluding diaryl/α,β-unsaturated/α-hetero) is 1. The van der Waals surface area contributed by atoms with Crippen molar-refractivity contribution in [3.05, 3.63) is 70.3 Å². The van der Waals surface area contributed by atoms with Gasteiger partial charge in [0.25, 0.3) is 11.7 Å². The van der Waals surface area contributed by atoms with Crippen molar-refractivity contribution in [2.45, 2.75) is 6.04 Å². The van der Waals surface area contributed by atoms with Gasteiger partial charge in [0.2, 0.25) is 0 Å². The molecule has 146 valence electrons. The van der Waals surface area contributed by atoms with Gasteiger partial charge in [0.15, 0.2) is 0 Å². The zero-order chi connectivity index (χ0) is 20.3. The summed E-state index contributed by atoms with van der Waals surface area (Å²) in [6.45, 7) is 0.455. The number of ether oxygens (including phenoxy) is 2. The Labute approximate surface area is 167 Å². The first-order valence-electron chi connectivity index (χ1n) is 8.65. The SMILES string of the molecule is COCCN1C(=O)C(=O)C(=C(O)c2cccc(OC)c2)C1c1cccc(Cl)c1. The number of amides is 1. The van der Waals surface area contributed by atoms with E-state index in [-0.39, 0.29) is 24.5 Å². The van der Waals surface area contributed by atoms with E-state index in [1.165, 1.54) is 19.1 Å². The van der Waals surface area contributed by atoms with Crippen LogP contribution in [0.1, 0.15) is 17.2 Å². The number of aliphatic hydroxyl groups is 1. The Bertz CT molecular complexity index is 940. The molecule has 28 heavy (non-hydrogen) atoms. The average molecular weight is 402 g/mol. The number of halogens is 1. The van der Waals surface area contributed by atoms with Gasteiger partial charge < -0.3 is 19.5 Å². The van der Waals surface area contributed by atoms with E-state index in [1.807, 2.05) is 0 Å². The molecule has 1 aliphatic rings. The lowest BCUT2D eigenvalue weighted by molar-refractivity contribution is -0.140. The Kier molecular flexibility index (Phi) is 6.02. The number of likely N-dealkylation sites (tertiary alicyclic amines) is 1. The number of benzene rings is 2. The highest BCUT2D eigenvalue weighted by Crippen LogP contribution is 2.40. The van der Waals surface area contributed by atoms with Gasteiger partial charge in [-0.25, -0.2) is 0 Å². The van der Waals surface area contributed by atoms with Crippen molar-refractivity contribution in [3.63, 3.8) is 0 Å². The molecule has 0 radical (unpaired) electrons. The average Bonchev–Trinajstić information content (AvgIpc) is 2.96. The van der Waals surface area contributed by atoms with Crippen molar-refractivity contribution < 1.29 is 24.2 Å². The lowest BCUT2D eigenvalue weighted by Gasteiger charge is -2.25. The molecule has 3 rings (SSSR count). The molecule has 0 spiro atoms. The Morgan fingerprint density at radius 1 is 1.14 bits per heavy atom. The van der Waals surface area contributed by atoms with Gasteiger partial charge in [0, 0.05) is 24.2 Å². The predicted octanol–water partition coefficient (Wildman–Crippen LogP) is 3.42. The molecule has 2 aromatic rings. The standard InChI is InChI=1S/C21H20ClNO5/c1-27-10-9-23-18(13-5-3-7-15(22)11-13)17(20(25)21(23)26)19(24)14-6-4-8-16(12-14)28-2/h3-8,11-12,18,24H,9-10H2,1-2H3. The first kappa shape index (κ1) is 19.9. The summed E-state index contributed by atoms with van der Waals surface area (Å²) in [4.78, 5) is 26.9. The first-order valence-corrected chi connectivity index (χ1v) is 9.03. The maximum absolute atomic E-state index is 12.8. The number of carbonyl (C=O) groups excluding carboxylic acids is 2. The summed E-state index contributed by atoms with van der Waals surface area (Å²) in [6.07, 6.45) is 0. The van der Waals surface area contributed by atoms with Crippen LogP contribution in [-0.2, 0) is 14.3 Å². The van der Waals surface area contributed by atoms with Crippen molar-refractivity contribution >= 4 is 29.1 Å². The molecule has 1 unspecified atom stereocenters. The summed E-state index contributed by atoms with van der Waals surface area (Å²) in [5.41, 5.74) is 1.03. The van der Waals surface area contributed by atoms with Crippen LogP contribution >= 0.6 is 11.6 Å². The lowest BCUT2D eigenvalue weighted by Crippen LogP contribution is -2.32. The third-order valence-electron chi connectivity index (χ3n) is 4.58. The number of ketones is 1. The second kappa shape index (κ2) is 8.46. The third-order valence-corrected chi connectivity index (χ3v) is 4.82. The maximum Gasteiger partial charge on any atom is 0.295 e. The molecule has 1 fully saturated rings. The monoisotopic (exact) mass is 401 g/mol. The van der Waals surface area contributed by atoms with E-state index in [9.17, 15) is 14.7 Å². The maximum atomic E-state index is 12.8. The van der Waals surface area contributed by atoms with E-state index in [1.54, 1.807) is 48.5 Å². The van der Waals surface area contributed by atoms with Crippen molar-refractivity contribution in [2.24, 2.45) is 0 Å². The molecule has 1 N–H and O–H groups in total. The molecule has 0 bridgehead atoms. The lowest BCUT2D eigenvalue weighted by atomic mass is 9.95. The zero-order valence-corrected chi connectivity index (χ0v) is 16.3. The van der Waals surface area contributed by atoms with Gasteiger partial charge >= 0.3 is 0 Å². The van der Waals surface area contributed by atoms with Crippen molar-refractivity contribution in [1.29, 1.82) is 0 Å². The number of hydrogen-bond acceptors (Lipinski definition) is 5. The second-order valence-corrected chi connectivity index (χ2v) is 6.71. The Balaban J connectivity index is 2.17. The van der Waals surface area contributed by atoms with E-state index in [0.29, 0.717) is 21.9 Å².